The number of rotatable bonds is 10. The van der Waals surface area contributed by atoms with E-state index in [4.69, 9.17) is 4.74 Å². The van der Waals surface area contributed by atoms with E-state index in [1.807, 2.05) is 4.90 Å². The van der Waals surface area contributed by atoms with E-state index in [-0.39, 0.29) is 24.1 Å². The first kappa shape index (κ1) is 25.3. The molecule has 3 aliphatic rings. The van der Waals surface area contributed by atoms with Crippen molar-refractivity contribution >= 4 is 6.09 Å². The van der Waals surface area contributed by atoms with Gasteiger partial charge in [-0.25, -0.2) is 4.79 Å². The fourth-order valence-electron chi connectivity index (χ4n) is 7.11. The first-order chi connectivity index (χ1) is 17.6. The van der Waals surface area contributed by atoms with Crippen molar-refractivity contribution in [3.63, 3.8) is 0 Å². The summed E-state index contributed by atoms with van der Waals surface area (Å²) in [6.45, 7) is 2.62. The molecule has 5 rings (SSSR count). The van der Waals surface area contributed by atoms with Crippen LogP contribution in [0.1, 0.15) is 107 Å². The summed E-state index contributed by atoms with van der Waals surface area (Å²) >= 11 is 0. The van der Waals surface area contributed by atoms with Gasteiger partial charge in [-0.05, 0) is 60.8 Å². The van der Waals surface area contributed by atoms with Gasteiger partial charge in [0.2, 0.25) is 0 Å². The molecule has 0 spiro atoms. The van der Waals surface area contributed by atoms with Gasteiger partial charge in [0.25, 0.3) is 0 Å². The molecule has 2 saturated heterocycles. The molecule has 2 unspecified atom stereocenters. The minimum Gasteiger partial charge on any atom is -0.448 e. The summed E-state index contributed by atoms with van der Waals surface area (Å²) in [5.41, 5.74) is 4.36. The summed E-state index contributed by atoms with van der Waals surface area (Å²) in [6.07, 6.45) is 14.0. The lowest BCUT2D eigenvalue weighted by Gasteiger charge is -2.51. The lowest BCUT2D eigenvalue weighted by Crippen LogP contribution is -2.60. The van der Waals surface area contributed by atoms with E-state index >= 15 is 0 Å². The number of benzene rings is 2. The van der Waals surface area contributed by atoms with Gasteiger partial charge in [0.1, 0.15) is 6.61 Å². The van der Waals surface area contributed by atoms with Gasteiger partial charge < -0.3 is 14.7 Å². The summed E-state index contributed by atoms with van der Waals surface area (Å²) in [5.74, 6) is 0.0836. The van der Waals surface area contributed by atoms with Crippen molar-refractivity contribution in [2.75, 3.05) is 6.61 Å². The highest BCUT2D eigenvalue weighted by Gasteiger charge is 2.47. The van der Waals surface area contributed by atoms with Crippen LogP contribution in [0.3, 0.4) is 0 Å². The van der Waals surface area contributed by atoms with E-state index < -0.39 is 5.60 Å². The Hall–Kier alpha value is -2.33. The summed E-state index contributed by atoms with van der Waals surface area (Å²) in [7, 11) is 0. The first-order valence-corrected chi connectivity index (χ1v) is 14.5. The molecule has 0 radical (unpaired) electrons. The molecule has 1 N–H and O–H groups in total. The minimum atomic E-state index is -0.626. The maximum Gasteiger partial charge on any atom is 0.410 e. The average molecular weight is 490 g/mol. The molecule has 1 aliphatic carbocycles. The minimum absolute atomic E-state index is 0.0836. The van der Waals surface area contributed by atoms with Gasteiger partial charge in [0.15, 0.2) is 0 Å². The standard InChI is InChI=1S/C32H43NO3/c1-2-3-4-5-6-7-12-20-32(35)21-24-14-13-15-25(22-32)33(24)31(34)36-23-30-28-18-10-8-16-26(28)27-17-9-11-19-29(27)30/h8-11,16-19,24-25,30,35H,2-7,12-15,20-23H2,1H3. The zero-order valence-corrected chi connectivity index (χ0v) is 22.0. The SMILES string of the molecule is CCCCCCCCCC1(O)CC2CCCC(C1)N2C(=O)OCC1c2ccccc2-c2ccccc21. The molecule has 2 aromatic rings. The molecule has 0 saturated carbocycles. The lowest BCUT2D eigenvalue weighted by atomic mass is 9.73. The van der Waals surface area contributed by atoms with Gasteiger partial charge in [0, 0.05) is 18.0 Å². The van der Waals surface area contributed by atoms with Gasteiger partial charge >= 0.3 is 6.09 Å². The Morgan fingerprint density at radius 3 is 2.06 bits per heavy atom. The molecule has 2 atom stereocenters. The van der Waals surface area contributed by atoms with Crippen molar-refractivity contribution in [2.45, 2.75) is 114 Å². The number of fused-ring (bicyclic) bond motifs is 5. The summed E-state index contributed by atoms with van der Waals surface area (Å²) in [5, 5.41) is 11.5. The van der Waals surface area contributed by atoms with Crippen LogP contribution in [0.4, 0.5) is 4.79 Å². The molecule has 0 aromatic heterocycles. The van der Waals surface area contributed by atoms with E-state index in [9.17, 15) is 9.90 Å². The Balaban J connectivity index is 1.17. The van der Waals surface area contributed by atoms with Gasteiger partial charge in [-0.1, -0.05) is 100 Å². The zero-order chi connectivity index (χ0) is 25.0. The topological polar surface area (TPSA) is 49.8 Å². The molecule has 2 heterocycles. The van der Waals surface area contributed by atoms with E-state index in [0.717, 1.165) is 32.1 Å². The van der Waals surface area contributed by atoms with Crippen LogP contribution in [-0.2, 0) is 4.74 Å². The number of hydrogen-bond donors (Lipinski definition) is 1. The van der Waals surface area contributed by atoms with Crippen LogP contribution < -0.4 is 0 Å². The van der Waals surface area contributed by atoms with Gasteiger partial charge in [-0.2, -0.15) is 0 Å². The second-order valence-corrected chi connectivity index (χ2v) is 11.5. The fourth-order valence-corrected chi connectivity index (χ4v) is 7.11. The van der Waals surface area contributed by atoms with Crippen molar-refractivity contribution in [1.82, 2.24) is 4.90 Å². The van der Waals surface area contributed by atoms with Crippen LogP contribution in [0.15, 0.2) is 48.5 Å². The van der Waals surface area contributed by atoms with Gasteiger partial charge in [-0.3, -0.25) is 0 Å². The third-order valence-electron chi connectivity index (χ3n) is 8.89. The molecular weight excluding hydrogens is 446 g/mol. The molecule has 4 nitrogen and oxygen atoms in total. The summed E-state index contributed by atoms with van der Waals surface area (Å²) < 4.78 is 6.03. The molecule has 2 aliphatic heterocycles. The predicted octanol–water partition coefficient (Wildman–Crippen LogP) is 7.82. The van der Waals surface area contributed by atoms with Crippen molar-refractivity contribution < 1.29 is 14.6 Å². The van der Waals surface area contributed by atoms with Crippen molar-refractivity contribution in [3.05, 3.63) is 59.7 Å². The molecule has 2 fully saturated rings. The molecule has 2 aromatic carbocycles. The van der Waals surface area contributed by atoms with E-state index in [1.54, 1.807) is 0 Å². The molecule has 1 amide bonds. The van der Waals surface area contributed by atoms with Crippen LogP contribution in [0.5, 0.6) is 0 Å². The zero-order valence-electron chi connectivity index (χ0n) is 22.0. The summed E-state index contributed by atoms with van der Waals surface area (Å²) in [4.78, 5) is 15.4. The van der Waals surface area contributed by atoms with E-state index in [2.05, 4.69) is 55.5 Å². The Morgan fingerprint density at radius 1 is 0.889 bits per heavy atom. The molecule has 4 heteroatoms. The number of aliphatic hydroxyl groups is 1. The third kappa shape index (κ3) is 5.34. The number of carbonyl (C=O) groups is 1. The Labute approximate surface area is 217 Å². The highest BCUT2D eigenvalue weighted by atomic mass is 16.6. The largest absolute Gasteiger partial charge is 0.448 e. The Kier molecular flexibility index (Phi) is 8.00. The first-order valence-electron chi connectivity index (χ1n) is 14.5. The monoisotopic (exact) mass is 489 g/mol. The van der Waals surface area contributed by atoms with Crippen molar-refractivity contribution in [1.29, 1.82) is 0 Å². The quantitative estimate of drug-likeness (QED) is 0.346. The molecule has 36 heavy (non-hydrogen) atoms. The number of ether oxygens (including phenoxy) is 1. The normalized spacial score (nSPS) is 24.9. The highest BCUT2D eigenvalue weighted by molar-refractivity contribution is 5.79. The number of unbranched alkanes of at least 4 members (excludes halogenated alkanes) is 6. The second kappa shape index (κ2) is 11.4. The van der Waals surface area contributed by atoms with E-state index in [0.29, 0.717) is 19.4 Å². The van der Waals surface area contributed by atoms with Crippen LogP contribution in [0.2, 0.25) is 0 Å². The van der Waals surface area contributed by atoms with Crippen LogP contribution in [0.25, 0.3) is 11.1 Å². The number of hydrogen-bond acceptors (Lipinski definition) is 3. The van der Waals surface area contributed by atoms with Gasteiger partial charge in [-0.15, -0.1) is 0 Å². The number of nitrogens with zero attached hydrogens (tertiary/aromatic N) is 1. The van der Waals surface area contributed by atoms with E-state index in [1.165, 1.54) is 60.8 Å². The van der Waals surface area contributed by atoms with Crippen LogP contribution in [0, 0.1) is 0 Å². The predicted molar refractivity (Wildman–Crippen MR) is 145 cm³/mol. The lowest BCUT2D eigenvalue weighted by molar-refractivity contribution is -0.0894. The average Bonchev–Trinajstić information content (AvgIpc) is 3.20. The Bertz CT molecular complexity index is 974. The second-order valence-electron chi connectivity index (χ2n) is 11.5. The van der Waals surface area contributed by atoms with Gasteiger partial charge in [0.05, 0.1) is 5.60 Å². The molecule has 2 bridgehead atoms. The van der Waals surface area contributed by atoms with Crippen molar-refractivity contribution in [3.8, 4) is 11.1 Å². The summed E-state index contributed by atoms with van der Waals surface area (Å²) in [6, 6.07) is 17.1. The Morgan fingerprint density at radius 2 is 1.44 bits per heavy atom. The maximum absolute atomic E-state index is 13.4. The van der Waals surface area contributed by atoms with Crippen molar-refractivity contribution in [2.24, 2.45) is 0 Å². The molecule has 194 valence electrons. The van der Waals surface area contributed by atoms with Crippen LogP contribution in [-0.4, -0.2) is 40.4 Å². The number of piperidine rings is 2. The number of amides is 1. The fraction of sp³-hybridized carbons (Fsp3) is 0.594. The smallest absolute Gasteiger partial charge is 0.410 e. The molecular formula is C32H43NO3. The number of carbonyl (C=O) groups excluding carboxylic acids is 1. The van der Waals surface area contributed by atoms with Crippen LogP contribution >= 0.6 is 0 Å². The third-order valence-corrected chi connectivity index (χ3v) is 8.89. The highest BCUT2D eigenvalue weighted by Crippen LogP contribution is 2.45. The maximum atomic E-state index is 13.4.